The van der Waals surface area contributed by atoms with Crippen molar-refractivity contribution in [3.05, 3.63) is 36.5 Å². The SMILES string of the molecule is C=CCN(CCO)C(=O)c1cccnc1SC. The average Bonchev–Trinajstić information content (AvgIpc) is 2.37. The Hall–Kier alpha value is -1.33. The van der Waals surface area contributed by atoms with Crippen molar-refractivity contribution >= 4 is 17.7 Å². The molecule has 1 amide bonds. The molecule has 17 heavy (non-hydrogen) atoms. The Morgan fingerprint density at radius 1 is 1.71 bits per heavy atom. The van der Waals surface area contributed by atoms with Gasteiger partial charge in [-0.05, 0) is 18.4 Å². The number of carbonyl (C=O) groups excluding carboxylic acids is 1. The van der Waals surface area contributed by atoms with E-state index in [1.54, 1.807) is 29.3 Å². The van der Waals surface area contributed by atoms with E-state index in [1.165, 1.54) is 11.8 Å². The highest BCUT2D eigenvalue weighted by molar-refractivity contribution is 7.98. The second-order valence-corrected chi connectivity index (χ2v) is 4.12. The van der Waals surface area contributed by atoms with Gasteiger partial charge in [0.05, 0.1) is 12.2 Å². The molecule has 1 aromatic heterocycles. The number of thioether (sulfide) groups is 1. The Morgan fingerprint density at radius 3 is 3.06 bits per heavy atom. The van der Waals surface area contributed by atoms with Crippen LogP contribution in [0.4, 0.5) is 0 Å². The van der Waals surface area contributed by atoms with E-state index in [1.807, 2.05) is 6.26 Å². The lowest BCUT2D eigenvalue weighted by Crippen LogP contribution is -2.34. The zero-order valence-corrected chi connectivity index (χ0v) is 10.6. The molecule has 0 aromatic carbocycles. The van der Waals surface area contributed by atoms with Crippen LogP contribution >= 0.6 is 11.8 Å². The second kappa shape index (κ2) is 7.09. The molecule has 4 nitrogen and oxygen atoms in total. The van der Waals surface area contributed by atoms with Gasteiger partial charge >= 0.3 is 0 Å². The monoisotopic (exact) mass is 252 g/mol. The maximum absolute atomic E-state index is 12.2. The summed E-state index contributed by atoms with van der Waals surface area (Å²) in [5, 5.41) is 9.64. The fraction of sp³-hybridized carbons (Fsp3) is 0.333. The number of amides is 1. The van der Waals surface area contributed by atoms with Gasteiger partial charge in [0.25, 0.3) is 5.91 Å². The van der Waals surface area contributed by atoms with E-state index < -0.39 is 0 Å². The van der Waals surface area contributed by atoms with Crippen LogP contribution in [0.25, 0.3) is 0 Å². The molecule has 0 atom stereocenters. The van der Waals surface area contributed by atoms with E-state index in [9.17, 15) is 4.79 Å². The highest BCUT2D eigenvalue weighted by Crippen LogP contribution is 2.18. The van der Waals surface area contributed by atoms with Crippen LogP contribution in [0.1, 0.15) is 10.4 Å². The van der Waals surface area contributed by atoms with Gasteiger partial charge in [-0.1, -0.05) is 6.08 Å². The van der Waals surface area contributed by atoms with Crippen molar-refractivity contribution in [3.63, 3.8) is 0 Å². The molecule has 5 heteroatoms. The molecule has 1 rings (SSSR count). The van der Waals surface area contributed by atoms with Crippen molar-refractivity contribution in [3.8, 4) is 0 Å². The number of aromatic nitrogens is 1. The minimum Gasteiger partial charge on any atom is -0.395 e. The van der Waals surface area contributed by atoms with Crippen LogP contribution in [0.3, 0.4) is 0 Å². The van der Waals surface area contributed by atoms with Gasteiger partial charge in [0.15, 0.2) is 0 Å². The Labute approximate surface area is 105 Å². The topological polar surface area (TPSA) is 53.4 Å². The van der Waals surface area contributed by atoms with Crippen molar-refractivity contribution in [1.29, 1.82) is 0 Å². The molecule has 0 bridgehead atoms. The number of pyridine rings is 1. The lowest BCUT2D eigenvalue weighted by Gasteiger charge is -2.20. The Balaban J connectivity index is 2.95. The molecule has 0 aliphatic carbocycles. The highest BCUT2D eigenvalue weighted by atomic mass is 32.2. The molecule has 0 fully saturated rings. The highest BCUT2D eigenvalue weighted by Gasteiger charge is 2.17. The lowest BCUT2D eigenvalue weighted by molar-refractivity contribution is 0.0738. The molecule has 1 heterocycles. The number of hydrogen-bond acceptors (Lipinski definition) is 4. The molecule has 1 N–H and O–H groups in total. The summed E-state index contributed by atoms with van der Waals surface area (Å²) < 4.78 is 0. The lowest BCUT2D eigenvalue weighted by atomic mass is 10.2. The summed E-state index contributed by atoms with van der Waals surface area (Å²) in [5.41, 5.74) is 0.565. The molecular formula is C12H16N2O2S. The van der Waals surface area contributed by atoms with Gasteiger partial charge < -0.3 is 10.0 Å². The predicted octanol–water partition coefficient (Wildman–Crippen LogP) is 1.42. The van der Waals surface area contributed by atoms with Crippen LogP contribution in [0.15, 0.2) is 36.0 Å². The van der Waals surface area contributed by atoms with Gasteiger partial charge in [-0.15, -0.1) is 18.3 Å². The first-order chi connectivity index (χ1) is 8.24. The first-order valence-corrected chi connectivity index (χ1v) is 6.47. The molecule has 0 saturated heterocycles. The normalized spacial score (nSPS) is 10.0. The molecule has 0 unspecified atom stereocenters. The van der Waals surface area contributed by atoms with Gasteiger partial charge in [-0.3, -0.25) is 4.79 Å². The third kappa shape index (κ3) is 3.57. The van der Waals surface area contributed by atoms with Crippen LogP contribution < -0.4 is 0 Å². The Morgan fingerprint density at radius 2 is 2.47 bits per heavy atom. The van der Waals surface area contributed by atoms with E-state index in [2.05, 4.69) is 11.6 Å². The molecule has 0 radical (unpaired) electrons. The van der Waals surface area contributed by atoms with Crippen LogP contribution in [0, 0.1) is 0 Å². The fourth-order valence-electron chi connectivity index (χ4n) is 1.44. The number of aliphatic hydroxyl groups is 1. The predicted molar refractivity (Wildman–Crippen MR) is 69.2 cm³/mol. The first kappa shape index (κ1) is 13.7. The molecule has 1 aromatic rings. The summed E-state index contributed by atoms with van der Waals surface area (Å²) in [6.45, 7) is 4.26. The Kier molecular flexibility index (Phi) is 5.72. The maximum Gasteiger partial charge on any atom is 0.256 e. The van der Waals surface area contributed by atoms with Crippen LogP contribution in [0.2, 0.25) is 0 Å². The fourth-order valence-corrected chi connectivity index (χ4v) is 1.98. The van der Waals surface area contributed by atoms with Crippen LogP contribution in [-0.4, -0.2) is 46.8 Å². The van der Waals surface area contributed by atoms with E-state index in [0.717, 1.165) is 0 Å². The van der Waals surface area contributed by atoms with Crippen LogP contribution in [-0.2, 0) is 0 Å². The molecule has 0 aliphatic heterocycles. The van der Waals surface area contributed by atoms with Crippen molar-refractivity contribution in [2.45, 2.75) is 5.03 Å². The van der Waals surface area contributed by atoms with Gasteiger partial charge in [0.1, 0.15) is 5.03 Å². The molecule has 92 valence electrons. The van der Waals surface area contributed by atoms with Crippen molar-refractivity contribution < 1.29 is 9.90 Å². The molecule has 0 spiro atoms. The summed E-state index contributed by atoms with van der Waals surface area (Å²) in [5.74, 6) is -0.128. The molecular weight excluding hydrogens is 236 g/mol. The number of nitrogens with zero attached hydrogens (tertiary/aromatic N) is 2. The minimum absolute atomic E-state index is 0.0611. The van der Waals surface area contributed by atoms with Crippen LogP contribution in [0.5, 0.6) is 0 Å². The van der Waals surface area contributed by atoms with E-state index in [4.69, 9.17) is 5.11 Å². The minimum atomic E-state index is -0.128. The number of carbonyl (C=O) groups is 1. The van der Waals surface area contributed by atoms with E-state index in [-0.39, 0.29) is 12.5 Å². The first-order valence-electron chi connectivity index (χ1n) is 5.24. The standard InChI is InChI=1S/C12H16N2O2S/c1-3-7-14(8-9-15)12(16)10-5-4-6-13-11(10)17-2/h3-6,15H,1,7-9H2,2H3. The zero-order valence-electron chi connectivity index (χ0n) is 9.80. The van der Waals surface area contributed by atoms with Gasteiger partial charge in [0.2, 0.25) is 0 Å². The average molecular weight is 252 g/mol. The molecule has 0 aliphatic rings. The quantitative estimate of drug-likeness (QED) is 0.614. The summed E-state index contributed by atoms with van der Waals surface area (Å²) in [7, 11) is 0. The number of rotatable bonds is 6. The summed E-state index contributed by atoms with van der Waals surface area (Å²) in [4.78, 5) is 17.9. The smallest absolute Gasteiger partial charge is 0.256 e. The van der Waals surface area contributed by atoms with Crippen molar-refractivity contribution in [1.82, 2.24) is 9.88 Å². The van der Waals surface area contributed by atoms with Crippen molar-refractivity contribution in [2.24, 2.45) is 0 Å². The summed E-state index contributed by atoms with van der Waals surface area (Å²) in [6.07, 6.45) is 5.18. The second-order valence-electron chi connectivity index (χ2n) is 3.32. The number of aliphatic hydroxyl groups excluding tert-OH is 1. The zero-order chi connectivity index (χ0) is 12.7. The van der Waals surface area contributed by atoms with Gasteiger partial charge in [0, 0.05) is 19.3 Å². The van der Waals surface area contributed by atoms with E-state index >= 15 is 0 Å². The summed E-state index contributed by atoms with van der Waals surface area (Å²) in [6, 6.07) is 3.48. The van der Waals surface area contributed by atoms with Gasteiger partial charge in [-0.2, -0.15) is 0 Å². The third-order valence-electron chi connectivity index (χ3n) is 2.20. The number of hydrogen-bond donors (Lipinski definition) is 1. The van der Waals surface area contributed by atoms with Gasteiger partial charge in [-0.25, -0.2) is 4.98 Å². The third-order valence-corrected chi connectivity index (χ3v) is 2.91. The molecule has 0 saturated carbocycles. The maximum atomic E-state index is 12.2. The largest absolute Gasteiger partial charge is 0.395 e. The van der Waals surface area contributed by atoms with E-state index in [0.29, 0.717) is 23.7 Å². The summed E-state index contributed by atoms with van der Waals surface area (Å²) >= 11 is 1.43. The Bertz CT molecular complexity index is 396. The van der Waals surface area contributed by atoms with Crippen molar-refractivity contribution in [2.75, 3.05) is 26.0 Å².